The van der Waals surface area contributed by atoms with E-state index in [4.69, 9.17) is 10.8 Å². The number of amides is 1. The van der Waals surface area contributed by atoms with Gasteiger partial charge in [-0.1, -0.05) is 6.07 Å². The van der Waals surface area contributed by atoms with Crippen molar-refractivity contribution in [3.05, 3.63) is 23.8 Å². The molecule has 1 aromatic rings. The van der Waals surface area contributed by atoms with E-state index in [0.29, 0.717) is 12.2 Å². The second-order valence-electron chi connectivity index (χ2n) is 4.19. The summed E-state index contributed by atoms with van der Waals surface area (Å²) in [4.78, 5) is 24.8. The van der Waals surface area contributed by atoms with Crippen molar-refractivity contribution in [3.8, 4) is 0 Å². The van der Waals surface area contributed by atoms with Crippen LogP contribution in [0.25, 0.3) is 0 Å². The molecule has 0 aliphatic carbocycles. The number of nitrogens with zero attached hydrogens (tertiary/aromatic N) is 1. The van der Waals surface area contributed by atoms with E-state index in [1.807, 2.05) is 18.2 Å². The molecule has 0 saturated heterocycles. The van der Waals surface area contributed by atoms with Crippen molar-refractivity contribution in [1.29, 1.82) is 0 Å². The van der Waals surface area contributed by atoms with Gasteiger partial charge in [0.1, 0.15) is 6.04 Å². The maximum Gasteiger partial charge on any atom is 0.320 e. The number of hydrogen-bond donors (Lipinski definition) is 2. The molecule has 1 aliphatic heterocycles. The number of carbonyl (C=O) groups is 2. The normalized spacial score (nSPS) is 16.3. The average molecular weight is 266 g/mol. The number of benzene rings is 1. The molecule has 96 valence electrons. The molecule has 5 nitrogen and oxygen atoms in total. The molecule has 3 N–H and O–H groups in total. The summed E-state index contributed by atoms with van der Waals surface area (Å²) in [5, 5.41) is 8.78. The van der Waals surface area contributed by atoms with Gasteiger partial charge in [0.25, 0.3) is 0 Å². The fourth-order valence-corrected chi connectivity index (χ4v) is 2.85. The minimum atomic E-state index is -1.01. The smallest absolute Gasteiger partial charge is 0.320 e. The molecule has 1 amide bonds. The molecular weight excluding hydrogens is 252 g/mol. The standard InChI is InChI=1S/C12H14N2O3S/c1-14-9-3-2-7(4-8(13)12(16)17)5-10(9)18-6-11(14)15/h2-3,5,8H,4,6,13H2,1H3,(H,16,17). The van der Waals surface area contributed by atoms with Crippen LogP contribution in [0.2, 0.25) is 0 Å². The van der Waals surface area contributed by atoms with Crippen LogP contribution in [0.1, 0.15) is 5.56 Å². The molecule has 1 unspecified atom stereocenters. The number of aliphatic carboxylic acids is 1. The van der Waals surface area contributed by atoms with Gasteiger partial charge in [-0.2, -0.15) is 0 Å². The first-order chi connectivity index (χ1) is 8.49. The summed E-state index contributed by atoms with van der Waals surface area (Å²) in [7, 11) is 1.74. The Morgan fingerprint density at radius 1 is 1.61 bits per heavy atom. The summed E-state index contributed by atoms with van der Waals surface area (Å²) in [6.07, 6.45) is 0.292. The molecule has 0 bridgehead atoms. The van der Waals surface area contributed by atoms with Crippen LogP contribution in [-0.4, -0.2) is 35.8 Å². The average Bonchev–Trinajstić information content (AvgIpc) is 2.34. The molecule has 1 heterocycles. The predicted octanol–water partition coefficient (Wildman–Crippen LogP) is 0.709. The molecule has 0 saturated carbocycles. The van der Waals surface area contributed by atoms with Crippen molar-refractivity contribution in [2.24, 2.45) is 5.73 Å². The van der Waals surface area contributed by atoms with Crippen LogP contribution in [0.5, 0.6) is 0 Å². The van der Waals surface area contributed by atoms with Gasteiger partial charge in [-0.25, -0.2) is 0 Å². The molecule has 0 radical (unpaired) electrons. The van der Waals surface area contributed by atoms with Crippen LogP contribution in [0, 0.1) is 0 Å². The van der Waals surface area contributed by atoms with E-state index in [1.54, 1.807) is 11.9 Å². The van der Waals surface area contributed by atoms with Crippen molar-refractivity contribution >= 4 is 29.3 Å². The van der Waals surface area contributed by atoms with E-state index >= 15 is 0 Å². The molecule has 2 rings (SSSR count). The highest BCUT2D eigenvalue weighted by Crippen LogP contribution is 2.35. The third kappa shape index (κ3) is 2.49. The molecule has 1 atom stereocenters. The maximum absolute atomic E-state index is 11.5. The highest BCUT2D eigenvalue weighted by Gasteiger charge is 2.22. The topological polar surface area (TPSA) is 83.6 Å². The van der Waals surface area contributed by atoms with E-state index in [0.717, 1.165) is 16.1 Å². The second kappa shape index (κ2) is 4.99. The predicted molar refractivity (Wildman–Crippen MR) is 69.9 cm³/mol. The summed E-state index contributed by atoms with van der Waals surface area (Å²) >= 11 is 1.47. The number of carboxylic acids is 1. The maximum atomic E-state index is 11.5. The lowest BCUT2D eigenvalue weighted by Gasteiger charge is -2.25. The molecule has 6 heteroatoms. The lowest BCUT2D eigenvalue weighted by atomic mass is 10.1. The quantitative estimate of drug-likeness (QED) is 0.841. The van der Waals surface area contributed by atoms with Crippen LogP contribution >= 0.6 is 11.8 Å². The number of nitrogens with two attached hydrogens (primary N) is 1. The van der Waals surface area contributed by atoms with Crippen molar-refractivity contribution in [2.45, 2.75) is 17.4 Å². The van der Waals surface area contributed by atoms with Gasteiger partial charge >= 0.3 is 5.97 Å². The number of fused-ring (bicyclic) bond motifs is 1. The Kier molecular flexibility index (Phi) is 3.58. The van der Waals surface area contributed by atoms with Gasteiger partial charge < -0.3 is 15.7 Å². The van der Waals surface area contributed by atoms with Crippen molar-refractivity contribution in [2.75, 3.05) is 17.7 Å². The third-order valence-electron chi connectivity index (χ3n) is 2.88. The minimum Gasteiger partial charge on any atom is -0.480 e. The summed E-state index contributed by atoms with van der Waals surface area (Å²) in [6, 6.07) is 4.67. The zero-order valence-electron chi connectivity index (χ0n) is 9.92. The fraction of sp³-hybridized carbons (Fsp3) is 0.333. The summed E-state index contributed by atoms with van der Waals surface area (Å²) < 4.78 is 0. The van der Waals surface area contributed by atoms with E-state index in [9.17, 15) is 9.59 Å². The third-order valence-corrected chi connectivity index (χ3v) is 3.91. The first-order valence-electron chi connectivity index (χ1n) is 5.49. The van der Waals surface area contributed by atoms with Crippen LogP contribution < -0.4 is 10.6 Å². The molecule has 0 aromatic heterocycles. The Labute approximate surface area is 109 Å². The number of hydrogen-bond acceptors (Lipinski definition) is 4. The highest BCUT2D eigenvalue weighted by molar-refractivity contribution is 8.00. The minimum absolute atomic E-state index is 0.0717. The van der Waals surface area contributed by atoms with Gasteiger partial charge in [-0.15, -0.1) is 11.8 Å². The molecule has 18 heavy (non-hydrogen) atoms. The molecule has 1 aromatic carbocycles. The Morgan fingerprint density at radius 3 is 3.00 bits per heavy atom. The lowest BCUT2D eigenvalue weighted by Crippen LogP contribution is -2.33. The number of carboxylic acid groups (broad SMARTS) is 1. The first kappa shape index (κ1) is 12.9. The van der Waals surface area contributed by atoms with E-state index < -0.39 is 12.0 Å². The summed E-state index contributed by atoms with van der Waals surface area (Å²) in [6.45, 7) is 0. The number of anilines is 1. The number of carbonyl (C=O) groups excluding carboxylic acids is 1. The number of thioether (sulfide) groups is 1. The summed E-state index contributed by atoms with van der Waals surface area (Å²) in [5.74, 6) is -0.520. The molecule has 0 spiro atoms. The van der Waals surface area contributed by atoms with E-state index in [-0.39, 0.29) is 5.91 Å². The highest BCUT2D eigenvalue weighted by atomic mass is 32.2. The first-order valence-corrected chi connectivity index (χ1v) is 6.48. The molecular formula is C12H14N2O3S. The largest absolute Gasteiger partial charge is 0.480 e. The zero-order valence-corrected chi connectivity index (χ0v) is 10.7. The van der Waals surface area contributed by atoms with Gasteiger partial charge in [-0.05, 0) is 24.1 Å². The Balaban J connectivity index is 2.23. The zero-order chi connectivity index (χ0) is 13.3. The van der Waals surface area contributed by atoms with Gasteiger partial charge in [0, 0.05) is 11.9 Å². The Morgan fingerprint density at radius 2 is 2.33 bits per heavy atom. The lowest BCUT2D eigenvalue weighted by molar-refractivity contribution is -0.138. The van der Waals surface area contributed by atoms with Crippen molar-refractivity contribution in [3.63, 3.8) is 0 Å². The van der Waals surface area contributed by atoms with Crippen LogP contribution in [-0.2, 0) is 16.0 Å². The number of rotatable bonds is 3. The van der Waals surface area contributed by atoms with E-state index in [2.05, 4.69) is 0 Å². The SMILES string of the molecule is CN1C(=O)CSc2cc(CC(N)C(=O)O)ccc21. The molecule has 0 fully saturated rings. The van der Waals surface area contributed by atoms with E-state index in [1.165, 1.54) is 11.8 Å². The second-order valence-corrected chi connectivity index (χ2v) is 5.21. The van der Waals surface area contributed by atoms with Gasteiger partial charge in [0.05, 0.1) is 11.4 Å². The molecule has 1 aliphatic rings. The Bertz CT molecular complexity index is 504. The van der Waals surface area contributed by atoms with Gasteiger partial charge in [0.2, 0.25) is 5.91 Å². The monoisotopic (exact) mass is 266 g/mol. The fourth-order valence-electron chi connectivity index (χ4n) is 1.79. The van der Waals surface area contributed by atoms with Crippen LogP contribution in [0.4, 0.5) is 5.69 Å². The van der Waals surface area contributed by atoms with Crippen molar-refractivity contribution < 1.29 is 14.7 Å². The van der Waals surface area contributed by atoms with Crippen LogP contribution in [0.15, 0.2) is 23.1 Å². The van der Waals surface area contributed by atoms with Crippen molar-refractivity contribution in [1.82, 2.24) is 0 Å². The Hall–Kier alpha value is -1.53. The van der Waals surface area contributed by atoms with Gasteiger partial charge in [0.15, 0.2) is 0 Å². The van der Waals surface area contributed by atoms with Gasteiger partial charge in [-0.3, -0.25) is 9.59 Å². The summed E-state index contributed by atoms with van der Waals surface area (Å²) in [5.41, 5.74) is 7.24. The van der Waals surface area contributed by atoms with Crippen LogP contribution in [0.3, 0.4) is 0 Å².